The molecule has 1 unspecified atom stereocenters. The van der Waals surface area contributed by atoms with Gasteiger partial charge >= 0.3 is 0 Å². The highest BCUT2D eigenvalue weighted by Crippen LogP contribution is 2.54. The third-order valence-electron chi connectivity index (χ3n) is 5.39. The van der Waals surface area contributed by atoms with Gasteiger partial charge in [-0.05, 0) is 22.8 Å². The first kappa shape index (κ1) is 16.5. The molecule has 0 saturated carbocycles. The molecule has 1 aliphatic rings. The summed E-state index contributed by atoms with van der Waals surface area (Å²) in [6.45, 7) is 0. The van der Waals surface area contributed by atoms with Gasteiger partial charge in [-0.25, -0.2) is 0 Å². The van der Waals surface area contributed by atoms with Crippen LogP contribution in [0.5, 0.6) is 0 Å². The Bertz CT molecular complexity index is 1150. The van der Waals surface area contributed by atoms with E-state index >= 15 is 0 Å². The highest BCUT2D eigenvalue weighted by atomic mass is 79.9. The molecule has 0 aromatic heterocycles. The second kappa shape index (κ2) is 6.19. The van der Waals surface area contributed by atoms with Gasteiger partial charge in [0, 0.05) is 26.7 Å². The number of halogens is 1. The minimum absolute atomic E-state index is 0.903. The van der Waals surface area contributed by atoms with Gasteiger partial charge in [0.1, 0.15) is 5.60 Å². The maximum atomic E-state index is 12.2. The number of hydrogen-bond donors (Lipinski definition) is 1. The lowest BCUT2D eigenvalue weighted by Gasteiger charge is -2.29. The number of fused-ring (bicyclic) bond motifs is 3. The Balaban J connectivity index is 1.87. The fraction of sp³-hybridized carbons (Fsp3) is 0.0400. The molecule has 1 atom stereocenters. The molecule has 130 valence electrons. The standard InChI is InChI=1S/C25H17BrO/c26-23-16-8-15-22-24(23)19-12-5-7-14-21(19)25(22,27)20-13-6-4-11-18(20)17-9-2-1-3-10-17/h1-16,27H. The summed E-state index contributed by atoms with van der Waals surface area (Å²) in [4.78, 5) is 0. The normalized spacial score (nSPS) is 17.4. The number of rotatable bonds is 2. The van der Waals surface area contributed by atoms with Gasteiger partial charge in [0.25, 0.3) is 0 Å². The average molecular weight is 413 g/mol. The number of hydrogen-bond acceptors (Lipinski definition) is 1. The van der Waals surface area contributed by atoms with Gasteiger partial charge in [-0.1, -0.05) is 107 Å². The molecule has 0 saturated heterocycles. The van der Waals surface area contributed by atoms with Crippen LogP contribution in [0.1, 0.15) is 16.7 Å². The van der Waals surface area contributed by atoms with Gasteiger partial charge in [0.05, 0.1) is 0 Å². The van der Waals surface area contributed by atoms with Gasteiger partial charge in [0.15, 0.2) is 0 Å². The van der Waals surface area contributed by atoms with Gasteiger partial charge in [-0.3, -0.25) is 0 Å². The molecule has 1 aliphatic carbocycles. The first-order valence-electron chi connectivity index (χ1n) is 8.97. The molecule has 4 aromatic rings. The van der Waals surface area contributed by atoms with Crippen molar-refractivity contribution in [1.82, 2.24) is 0 Å². The van der Waals surface area contributed by atoms with E-state index in [0.717, 1.165) is 43.4 Å². The van der Waals surface area contributed by atoms with Crippen molar-refractivity contribution in [1.29, 1.82) is 0 Å². The molecular weight excluding hydrogens is 396 g/mol. The van der Waals surface area contributed by atoms with Crippen molar-refractivity contribution in [3.8, 4) is 22.3 Å². The third kappa shape index (κ3) is 2.34. The van der Waals surface area contributed by atoms with Crippen LogP contribution in [0, 0.1) is 0 Å². The van der Waals surface area contributed by atoms with E-state index in [1.807, 2.05) is 72.8 Å². The Hall–Kier alpha value is -2.68. The van der Waals surface area contributed by atoms with E-state index in [-0.39, 0.29) is 0 Å². The first-order chi connectivity index (χ1) is 13.2. The van der Waals surface area contributed by atoms with Crippen LogP contribution in [0.3, 0.4) is 0 Å². The Morgan fingerprint density at radius 3 is 1.85 bits per heavy atom. The lowest BCUT2D eigenvalue weighted by molar-refractivity contribution is 0.131. The molecule has 0 aliphatic heterocycles. The molecule has 0 spiro atoms. The maximum Gasteiger partial charge on any atom is 0.142 e. The molecule has 0 fully saturated rings. The smallest absolute Gasteiger partial charge is 0.142 e. The van der Waals surface area contributed by atoms with Crippen LogP contribution in [0.2, 0.25) is 0 Å². The molecule has 0 amide bonds. The molecule has 0 radical (unpaired) electrons. The Kier molecular flexibility index (Phi) is 3.78. The minimum Gasteiger partial charge on any atom is -0.376 e. The zero-order valence-electron chi connectivity index (χ0n) is 14.6. The molecule has 0 bridgehead atoms. The summed E-state index contributed by atoms with van der Waals surface area (Å²) in [5.74, 6) is 0. The lowest BCUT2D eigenvalue weighted by Crippen LogP contribution is -2.27. The van der Waals surface area contributed by atoms with Gasteiger partial charge in [-0.15, -0.1) is 0 Å². The van der Waals surface area contributed by atoms with E-state index in [1.165, 1.54) is 0 Å². The van der Waals surface area contributed by atoms with Crippen LogP contribution in [0.15, 0.2) is 102 Å². The van der Waals surface area contributed by atoms with Crippen LogP contribution >= 0.6 is 15.9 Å². The summed E-state index contributed by atoms with van der Waals surface area (Å²) in [5, 5.41) is 12.2. The molecule has 2 heteroatoms. The Labute approximate surface area is 167 Å². The van der Waals surface area contributed by atoms with E-state index in [9.17, 15) is 5.11 Å². The molecule has 0 heterocycles. The quantitative estimate of drug-likeness (QED) is 0.404. The van der Waals surface area contributed by atoms with Crippen LogP contribution in [-0.4, -0.2) is 5.11 Å². The zero-order chi connectivity index (χ0) is 18.4. The highest BCUT2D eigenvalue weighted by Gasteiger charge is 2.44. The van der Waals surface area contributed by atoms with Crippen molar-refractivity contribution in [2.45, 2.75) is 5.60 Å². The molecule has 4 aromatic carbocycles. The van der Waals surface area contributed by atoms with Crippen molar-refractivity contribution in [3.05, 3.63) is 118 Å². The summed E-state index contributed by atoms with van der Waals surface area (Å²) >= 11 is 3.69. The maximum absolute atomic E-state index is 12.2. The predicted octanol–water partition coefficient (Wildman–Crippen LogP) is 6.38. The van der Waals surface area contributed by atoms with E-state index in [1.54, 1.807) is 0 Å². The average Bonchev–Trinajstić information content (AvgIpc) is 3.00. The van der Waals surface area contributed by atoms with Crippen LogP contribution < -0.4 is 0 Å². The minimum atomic E-state index is -1.19. The molecule has 27 heavy (non-hydrogen) atoms. The largest absolute Gasteiger partial charge is 0.376 e. The van der Waals surface area contributed by atoms with Crippen LogP contribution in [-0.2, 0) is 5.60 Å². The number of benzene rings is 4. The van der Waals surface area contributed by atoms with Crippen molar-refractivity contribution < 1.29 is 5.11 Å². The van der Waals surface area contributed by atoms with Crippen molar-refractivity contribution >= 4 is 15.9 Å². The Morgan fingerprint density at radius 2 is 1.11 bits per heavy atom. The topological polar surface area (TPSA) is 20.2 Å². The molecule has 5 rings (SSSR count). The second-order valence-electron chi connectivity index (χ2n) is 6.83. The van der Waals surface area contributed by atoms with E-state index in [4.69, 9.17) is 0 Å². The molecular formula is C25H17BrO. The lowest BCUT2D eigenvalue weighted by atomic mass is 9.80. The SMILES string of the molecule is OC1(c2ccccc2-c2ccccc2)c2ccccc2-c2c(Br)cccc21. The fourth-order valence-corrected chi connectivity index (χ4v) is 4.80. The summed E-state index contributed by atoms with van der Waals surface area (Å²) < 4.78 is 1.00. The monoisotopic (exact) mass is 412 g/mol. The summed E-state index contributed by atoms with van der Waals surface area (Å²) in [5.41, 5.74) is 5.84. The van der Waals surface area contributed by atoms with Crippen LogP contribution in [0.4, 0.5) is 0 Å². The van der Waals surface area contributed by atoms with Crippen molar-refractivity contribution in [2.75, 3.05) is 0 Å². The molecule has 1 nitrogen and oxygen atoms in total. The summed E-state index contributed by atoms with van der Waals surface area (Å²) in [6, 6.07) is 32.6. The highest BCUT2D eigenvalue weighted by molar-refractivity contribution is 9.10. The van der Waals surface area contributed by atoms with Gasteiger partial charge in [0.2, 0.25) is 0 Å². The number of aliphatic hydroxyl groups is 1. The second-order valence-corrected chi connectivity index (χ2v) is 7.68. The van der Waals surface area contributed by atoms with Crippen LogP contribution in [0.25, 0.3) is 22.3 Å². The Morgan fingerprint density at radius 1 is 0.556 bits per heavy atom. The van der Waals surface area contributed by atoms with Crippen molar-refractivity contribution in [2.24, 2.45) is 0 Å². The first-order valence-corrected chi connectivity index (χ1v) is 9.76. The summed E-state index contributed by atoms with van der Waals surface area (Å²) in [6.07, 6.45) is 0. The zero-order valence-corrected chi connectivity index (χ0v) is 16.1. The predicted molar refractivity (Wildman–Crippen MR) is 114 cm³/mol. The van der Waals surface area contributed by atoms with Crippen molar-refractivity contribution in [3.63, 3.8) is 0 Å². The summed E-state index contributed by atoms with van der Waals surface area (Å²) in [7, 11) is 0. The molecule has 1 N–H and O–H groups in total. The third-order valence-corrected chi connectivity index (χ3v) is 6.05. The van der Waals surface area contributed by atoms with Gasteiger partial charge < -0.3 is 5.11 Å². The fourth-order valence-electron chi connectivity index (χ4n) is 4.22. The van der Waals surface area contributed by atoms with E-state index < -0.39 is 5.60 Å². The van der Waals surface area contributed by atoms with E-state index in [2.05, 4.69) is 40.2 Å². The van der Waals surface area contributed by atoms with Gasteiger partial charge in [-0.2, -0.15) is 0 Å². The van der Waals surface area contributed by atoms with E-state index in [0.29, 0.717) is 0 Å².